The molecular formula is C23H29N3O3. The summed E-state index contributed by atoms with van der Waals surface area (Å²) in [4.78, 5) is 4.76. The fourth-order valence-electron chi connectivity index (χ4n) is 4.20. The van der Waals surface area contributed by atoms with E-state index in [1.54, 1.807) is 7.11 Å². The molecule has 3 N–H and O–H groups in total. The fourth-order valence-corrected chi connectivity index (χ4v) is 4.20. The van der Waals surface area contributed by atoms with Crippen molar-refractivity contribution >= 4 is 5.96 Å². The molecular weight excluding hydrogens is 366 g/mol. The minimum Gasteiger partial charge on any atom is -0.497 e. The van der Waals surface area contributed by atoms with Crippen molar-refractivity contribution in [2.24, 2.45) is 10.7 Å². The first-order valence-electron chi connectivity index (χ1n) is 10.2. The van der Waals surface area contributed by atoms with Crippen molar-refractivity contribution in [1.29, 1.82) is 0 Å². The summed E-state index contributed by atoms with van der Waals surface area (Å²) in [6.45, 7) is 2.78. The number of rotatable bonds is 5. The van der Waals surface area contributed by atoms with E-state index >= 15 is 0 Å². The maximum atomic E-state index is 6.31. The number of aliphatic imine (C=N–C) groups is 1. The second-order valence-corrected chi connectivity index (χ2v) is 7.69. The van der Waals surface area contributed by atoms with Crippen molar-refractivity contribution in [1.82, 2.24) is 5.32 Å². The Morgan fingerprint density at radius 3 is 2.66 bits per heavy atom. The molecule has 6 nitrogen and oxygen atoms in total. The van der Waals surface area contributed by atoms with Gasteiger partial charge < -0.3 is 25.3 Å². The molecule has 0 aromatic heterocycles. The van der Waals surface area contributed by atoms with E-state index in [1.807, 2.05) is 30.3 Å². The van der Waals surface area contributed by atoms with Crippen LogP contribution in [0.5, 0.6) is 11.5 Å². The lowest BCUT2D eigenvalue weighted by molar-refractivity contribution is 0.0531. The standard InChI is InChI=1S/C23H29N3O3/c1-27-18-8-6-17(7-9-18)23(11-14-28-15-12-23)16-25-22(24)26-20-10-13-29-21-5-3-2-4-19(20)21/h2-9,20H,10-16H2,1H3,(H3,24,25,26). The van der Waals surface area contributed by atoms with Crippen LogP contribution in [0, 0.1) is 0 Å². The van der Waals surface area contributed by atoms with Crippen LogP contribution in [0.1, 0.15) is 36.4 Å². The number of benzene rings is 2. The van der Waals surface area contributed by atoms with Crippen molar-refractivity contribution in [2.75, 3.05) is 33.5 Å². The van der Waals surface area contributed by atoms with Gasteiger partial charge in [-0.3, -0.25) is 4.99 Å². The van der Waals surface area contributed by atoms with E-state index in [4.69, 9.17) is 24.9 Å². The van der Waals surface area contributed by atoms with E-state index in [0.29, 0.717) is 19.1 Å². The van der Waals surface area contributed by atoms with E-state index < -0.39 is 0 Å². The fraction of sp³-hybridized carbons (Fsp3) is 0.435. The summed E-state index contributed by atoms with van der Waals surface area (Å²) in [5.41, 5.74) is 8.63. The highest BCUT2D eigenvalue weighted by molar-refractivity contribution is 5.78. The normalized spacial score (nSPS) is 21.0. The summed E-state index contributed by atoms with van der Waals surface area (Å²) >= 11 is 0. The highest BCUT2D eigenvalue weighted by Crippen LogP contribution is 2.36. The molecule has 0 spiro atoms. The van der Waals surface area contributed by atoms with Crippen LogP contribution in [0.3, 0.4) is 0 Å². The summed E-state index contributed by atoms with van der Waals surface area (Å²) in [5.74, 6) is 2.26. The summed E-state index contributed by atoms with van der Waals surface area (Å²) in [7, 11) is 1.68. The third kappa shape index (κ3) is 4.32. The van der Waals surface area contributed by atoms with Crippen LogP contribution in [0.15, 0.2) is 53.5 Å². The highest BCUT2D eigenvalue weighted by atomic mass is 16.5. The van der Waals surface area contributed by atoms with Crippen LogP contribution < -0.4 is 20.5 Å². The summed E-state index contributed by atoms with van der Waals surface area (Å²) in [5, 5.41) is 3.40. The zero-order valence-corrected chi connectivity index (χ0v) is 16.9. The predicted octanol–water partition coefficient (Wildman–Crippen LogP) is 3.17. The maximum Gasteiger partial charge on any atom is 0.189 e. The molecule has 1 fully saturated rings. The first kappa shape index (κ1) is 19.6. The number of methoxy groups -OCH3 is 1. The first-order chi connectivity index (χ1) is 14.2. The van der Waals surface area contributed by atoms with Gasteiger partial charge in [0.25, 0.3) is 0 Å². The first-order valence-corrected chi connectivity index (χ1v) is 10.2. The van der Waals surface area contributed by atoms with Gasteiger partial charge in [-0.15, -0.1) is 0 Å². The predicted molar refractivity (Wildman–Crippen MR) is 114 cm³/mol. The Balaban J connectivity index is 1.50. The highest BCUT2D eigenvalue weighted by Gasteiger charge is 2.34. The van der Waals surface area contributed by atoms with Gasteiger partial charge in [-0.2, -0.15) is 0 Å². The smallest absolute Gasteiger partial charge is 0.189 e. The monoisotopic (exact) mass is 395 g/mol. The van der Waals surface area contributed by atoms with Crippen LogP contribution in [0.2, 0.25) is 0 Å². The number of fused-ring (bicyclic) bond motifs is 1. The molecule has 0 aliphatic carbocycles. The Morgan fingerprint density at radius 2 is 1.90 bits per heavy atom. The van der Waals surface area contributed by atoms with Crippen LogP contribution in [-0.2, 0) is 10.2 Å². The number of para-hydroxylation sites is 1. The molecule has 0 amide bonds. The Labute approximate surface area is 172 Å². The third-order valence-corrected chi connectivity index (χ3v) is 5.98. The maximum absolute atomic E-state index is 6.31. The largest absolute Gasteiger partial charge is 0.497 e. The molecule has 1 unspecified atom stereocenters. The van der Waals surface area contributed by atoms with Gasteiger partial charge in [0.15, 0.2) is 5.96 Å². The average molecular weight is 396 g/mol. The van der Waals surface area contributed by atoms with E-state index in [9.17, 15) is 0 Å². The number of nitrogens with one attached hydrogen (secondary N) is 1. The second kappa shape index (κ2) is 8.74. The summed E-state index contributed by atoms with van der Waals surface area (Å²) in [6, 6.07) is 16.5. The van der Waals surface area contributed by atoms with E-state index in [2.05, 4.69) is 23.5 Å². The minimum atomic E-state index is -0.0651. The van der Waals surface area contributed by atoms with Crippen molar-refractivity contribution in [3.8, 4) is 11.5 Å². The molecule has 2 heterocycles. The Hall–Kier alpha value is -2.73. The van der Waals surface area contributed by atoms with Crippen LogP contribution in [0.25, 0.3) is 0 Å². The van der Waals surface area contributed by atoms with Gasteiger partial charge in [-0.05, 0) is 36.6 Å². The molecule has 6 heteroatoms. The van der Waals surface area contributed by atoms with Crippen molar-refractivity contribution in [2.45, 2.75) is 30.7 Å². The molecule has 0 radical (unpaired) electrons. The van der Waals surface area contributed by atoms with Gasteiger partial charge in [-0.1, -0.05) is 30.3 Å². The molecule has 4 rings (SSSR count). The lowest BCUT2D eigenvalue weighted by Crippen LogP contribution is -2.41. The number of nitrogens with zero attached hydrogens (tertiary/aromatic N) is 1. The SMILES string of the molecule is COc1ccc(C2(CN=C(N)NC3CCOc4ccccc43)CCOCC2)cc1. The van der Waals surface area contributed by atoms with Crippen molar-refractivity contribution in [3.05, 3.63) is 59.7 Å². The molecule has 2 aliphatic rings. The van der Waals surface area contributed by atoms with E-state index in [1.165, 1.54) is 5.56 Å². The number of guanidine groups is 1. The van der Waals surface area contributed by atoms with Gasteiger partial charge in [0, 0.05) is 30.6 Å². The number of nitrogens with two attached hydrogens (primary N) is 1. The van der Waals surface area contributed by atoms with Gasteiger partial charge in [0.1, 0.15) is 11.5 Å². The summed E-state index contributed by atoms with van der Waals surface area (Å²) in [6.07, 6.45) is 2.72. The van der Waals surface area contributed by atoms with Crippen LogP contribution in [0.4, 0.5) is 0 Å². The lowest BCUT2D eigenvalue weighted by Gasteiger charge is -2.36. The molecule has 29 heavy (non-hydrogen) atoms. The Bertz CT molecular complexity index is 845. The van der Waals surface area contributed by atoms with Crippen LogP contribution >= 0.6 is 0 Å². The molecule has 0 saturated carbocycles. The van der Waals surface area contributed by atoms with E-state index in [-0.39, 0.29) is 11.5 Å². The van der Waals surface area contributed by atoms with Gasteiger partial charge in [0.2, 0.25) is 0 Å². The Kier molecular flexibility index (Phi) is 5.90. The van der Waals surface area contributed by atoms with Gasteiger partial charge in [-0.25, -0.2) is 0 Å². The molecule has 2 aromatic rings. The molecule has 0 bridgehead atoms. The summed E-state index contributed by atoms with van der Waals surface area (Å²) < 4.78 is 16.7. The van der Waals surface area contributed by atoms with Crippen molar-refractivity contribution in [3.63, 3.8) is 0 Å². The quantitative estimate of drug-likeness (QED) is 0.601. The molecule has 1 saturated heterocycles. The van der Waals surface area contributed by atoms with E-state index in [0.717, 1.165) is 49.5 Å². The van der Waals surface area contributed by atoms with Gasteiger partial charge in [0.05, 0.1) is 26.3 Å². The second-order valence-electron chi connectivity index (χ2n) is 7.69. The molecule has 154 valence electrons. The van der Waals surface area contributed by atoms with Crippen LogP contribution in [-0.4, -0.2) is 39.4 Å². The van der Waals surface area contributed by atoms with Gasteiger partial charge >= 0.3 is 0 Å². The zero-order valence-electron chi connectivity index (χ0n) is 16.9. The number of ether oxygens (including phenoxy) is 3. The number of hydrogen-bond donors (Lipinski definition) is 2. The third-order valence-electron chi connectivity index (χ3n) is 5.98. The topological polar surface area (TPSA) is 78.1 Å². The Morgan fingerprint density at radius 1 is 1.14 bits per heavy atom. The van der Waals surface area contributed by atoms with Crippen molar-refractivity contribution < 1.29 is 14.2 Å². The average Bonchev–Trinajstić information content (AvgIpc) is 2.79. The molecule has 2 aromatic carbocycles. The molecule has 1 atom stereocenters. The molecule has 2 aliphatic heterocycles. The zero-order chi connectivity index (χ0) is 20.1. The lowest BCUT2D eigenvalue weighted by atomic mass is 9.74. The number of hydrogen-bond acceptors (Lipinski definition) is 4. The minimum absolute atomic E-state index is 0.0651.